The minimum Gasteiger partial charge on any atom is -0.497 e. The van der Waals surface area contributed by atoms with Gasteiger partial charge in [0, 0.05) is 18.3 Å². The van der Waals surface area contributed by atoms with Crippen molar-refractivity contribution < 1.29 is 9.47 Å². The third kappa shape index (κ3) is 2.98. The Kier molecular flexibility index (Phi) is 4.40. The second-order valence-corrected chi connectivity index (χ2v) is 4.04. The monoisotopic (exact) mass is 269 g/mol. The maximum absolute atomic E-state index is 9.02. The molecule has 0 bridgehead atoms. The standard InChI is InChI=1S/C15H15N3O2/c1-19-13-5-6-14(20-2)12(8-13)10-18-15-11(9-16)4-3-7-17-15/h3-8H,10H2,1-2H3,(H,17,18). The van der Waals surface area contributed by atoms with Crippen LogP contribution in [0, 0.1) is 11.3 Å². The molecule has 1 aromatic heterocycles. The highest BCUT2D eigenvalue weighted by Gasteiger charge is 2.07. The molecule has 5 nitrogen and oxygen atoms in total. The predicted molar refractivity (Wildman–Crippen MR) is 75.8 cm³/mol. The summed E-state index contributed by atoms with van der Waals surface area (Å²) in [7, 11) is 3.23. The molecular weight excluding hydrogens is 254 g/mol. The number of hydrogen-bond donors (Lipinski definition) is 1. The number of benzene rings is 1. The molecular formula is C15H15N3O2. The Labute approximate surface area is 117 Å². The van der Waals surface area contributed by atoms with Crippen molar-refractivity contribution in [1.82, 2.24) is 4.98 Å². The van der Waals surface area contributed by atoms with E-state index in [1.54, 1.807) is 32.5 Å². The lowest BCUT2D eigenvalue weighted by Crippen LogP contribution is -2.05. The average molecular weight is 269 g/mol. The molecule has 20 heavy (non-hydrogen) atoms. The van der Waals surface area contributed by atoms with E-state index in [-0.39, 0.29) is 0 Å². The first kappa shape index (κ1) is 13.7. The van der Waals surface area contributed by atoms with Crippen LogP contribution in [0.25, 0.3) is 0 Å². The van der Waals surface area contributed by atoms with Gasteiger partial charge in [-0.25, -0.2) is 4.98 Å². The topological polar surface area (TPSA) is 67.2 Å². The van der Waals surface area contributed by atoms with Crippen LogP contribution < -0.4 is 14.8 Å². The maximum atomic E-state index is 9.02. The third-order valence-corrected chi connectivity index (χ3v) is 2.86. The number of ether oxygens (including phenoxy) is 2. The van der Waals surface area contributed by atoms with Crippen molar-refractivity contribution in [1.29, 1.82) is 5.26 Å². The summed E-state index contributed by atoms with van der Waals surface area (Å²) in [4.78, 5) is 4.16. The Morgan fingerprint density at radius 1 is 1.25 bits per heavy atom. The quantitative estimate of drug-likeness (QED) is 0.903. The van der Waals surface area contributed by atoms with Gasteiger partial charge in [0.15, 0.2) is 0 Å². The molecule has 2 aromatic rings. The van der Waals surface area contributed by atoms with Crippen molar-refractivity contribution in [3.63, 3.8) is 0 Å². The van der Waals surface area contributed by atoms with Crippen molar-refractivity contribution in [3.05, 3.63) is 47.7 Å². The molecule has 0 aliphatic heterocycles. The summed E-state index contributed by atoms with van der Waals surface area (Å²) in [6, 6.07) is 11.1. The van der Waals surface area contributed by atoms with E-state index < -0.39 is 0 Å². The molecule has 5 heteroatoms. The van der Waals surface area contributed by atoms with Crippen LogP contribution in [0.15, 0.2) is 36.5 Å². The molecule has 0 fully saturated rings. The second kappa shape index (κ2) is 6.43. The molecule has 1 N–H and O–H groups in total. The van der Waals surface area contributed by atoms with E-state index in [2.05, 4.69) is 16.4 Å². The summed E-state index contributed by atoms with van der Waals surface area (Å²) in [5.41, 5.74) is 1.44. The van der Waals surface area contributed by atoms with Gasteiger partial charge in [0.2, 0.25) is 0 Å². The van der Waals surface area contributed by atoms with E-state index in [0.717, 1.165) is 17.1 Å². The number of anilines is 1. The van der Waals surface area contributed by atoms with Gasteiger partial charge in [0.1, 0.15) is 23.4 Å². The zero-order chi connectivity index (χ0) is 14.4. The lowest BCUT2D eigenvalue weighted by molar-refractivity contribution is 0.399. The first-order chi connectivity index (χ1) is 9.78. The summed E-state index contributed by atoms with van der Waals surface area (Å²) in [5, 5.41) is 12.2. The number of nitriles is 1. The van der Waals surface area contributed by atoms with Gasteiger partial charge in [-0.2, -0.15) is 5.26 Å². The van der Waals surface area contributed by atoms with Gasteiger partial charge in [-0.15, -0.1) is 0 Å². The van der Waals surface area contributed by atoms with Crippen LogP contribution in [0.1, 0.15) is 11.1 Å². The third-order valence-electron chi connectivity index (χ3n) is 2.86. The summed E-state index contributed by atoms with van der Waals surface area (Å²) >= 11 is 0. The largest absolute Gasteiger partial charge is 0.497 e. The number of aromatic nitrogens is 1. The molecule has 0 aliphatic carbocycles. The Hall–Kier alpha value is -2.74. The second-order valence-electron chi connectivity index (χ2n) is 4.04. The number of pyridine rings is 1. The zero-order valence-electron chi connectivity index (χ0n) is 11.4. The minimum atomic E-state index is 0.492. The van der Waals surface area contributed by atoms with Gasteiger partial charge >= 0.3 is 0 Å². The summed E-state index contributed by atoms with van der Waals surface area (Å²) < 4.78 is 10.5. The molecule has 1 heterocycles. The minimum absolute atomic E-state index is 0.492. The summed E-state index contributed by atoms with van der Waals surface area (Å²) in [6.07, 6.45) is 1.64. The average Bonchev–Trinajstić information content (AvgIpc) is 2.52. The number of nitrogens with one attached hydrogen (secondary N) is 1. The van der Waals surface area contributed by atoms with Crippen LogP contribution in [0.4, 0.5) is 5.82 Å². The van der Waals surface area contributed by atoms with Crippen molar-refractivity contribution in [3.8, 4) is 17.6 Å². The van der Waals surface area contributed by atoms with Crippen molar-refractivity contribution in [2.24, 2.45) is 0 Å². The van der Waals surface area contributed by atoms with E-state index in [9.17, 15) is 0 Å². The molecule has 0 radical (unpaired) electrons. The number of nitrogens with zero attached hydrogens (tertiary/aromatic N) is 2. The van der Waals surface area contributed by atoms with Crippen LogP contribution in [-0.4, -0.2) is 19.2 Å². The fourth-order valence-corrected chi connectivity index (χ4v) is 1.84. The van der Waals surface area contributed by atoms with Crippen LogP contribution in [-0.2, 0) is 6.54 Å². The van der Waals surface area contributed by atoms with Gasteiger partial charge in [-0.1, -0.05) is 0 Å². The Morgan fingerprint density at radius 2 is 2.10 bits per heavy atom. The highest BCUT2D eigenvalue weighted by atomic mass is 16.5. The van der Waals surface area contributed by atoms with E-state index in [4.69, 9.17) is 14.7 Å². The van der Waals surface area contributed by atoms with Gasteiger partial charge < -0.3 is 14.8 Å². The highest BCUT2D eigenvalue weighted by molar-refractivity contribution is 5.52. The molecule has 0 saturated carbocycles. The molecule has 0 aliphatic rings. The number of rotatable bonds is 5. The molecule has 0 saturated heterocycles. The molecule has 0 atom stereocenters. The fraction of sp³-hybridized carbons (Fsp3) is 0.200. The molecule has 2 rings (SSSR count). The summed E-state index contributed by atoms with van der Waals surface area (Å²) in [6.45, 7) is 0.492. The first-order valence-electron chi connectivity index (χ1n) is 6.08. The maximum Gasteiger partial charge on any atom is 0.144 e. The van der Waals surface area contributed by atoms with E-state index in [1.165, 1.54) is 0 Å². The van der Waals surface area contributed by atoms with Crippen molar-refractivity contribution >= 4 is 5.82 Å². The van der Waals surface area contributed by atoms with Gasteiger partial charge in [0.05, 0.1) is 19.8 Å². The van der Waals surface area contributed by atoms with Crippen molar-refractivity contribution in [2.75, 3.05) is 19.5 Å². The molecule has 0 amide bonds. The number of methoxy groups -OCH3 is 2. The Balaban J connectivity index is 2.20. The van der Waals surface area contributed by atoms with Crippen LogP contribution in [0.3, 0.4) is 0 Å². The van der Waals surface area contributed by atoms with Gasteiger partial charge in [-0.3, -0.25) is 0 Å². The number of hydrogen-bond acceptors (Lipinski definition) is 5. The van der Waals surface area contributed by atoms with Gasteiger partial charge in [-0.05, 0) is 30.3 Å². The predicted octanol–water partition coefficient (Wildman–Crippen LogP) is 2.58. The van der Waals surface area contributed by atoms with E-state index >= 15 is 0 Å². The fourth-order valence-electron chi connectivity index (χ4n) is 1.84. The smallest absolute Gasteiger partial charge is 0.144 e. The lowest BCUT2D eigenvalue weighted by atomic mass is 10.2. The molecule has 1 aromatic carbocycles. The zero-order valence-corrected chi connectivity index (χ0v) is 11.4. The molecule has 0 spiro atoms. The van der Waals surface area contributed by atoms with E-state index in [0.29, 0.717) is 17.9 Å². The van der Waals surface area contributed by atoms with E-state index in [1.807, 2.05) is 18.2 Å². The van der Waals surface area contributed by atoms with Crippen LogP contribution in [0.2, 0.25) is 0 Å². The first-order valence-corrected chi connectivity index (χ1v) is 6.08. The molecule has 102 valence electrons. The van der Waals surface area contributed by atoms with Gasteiger partial charge in [0.25, 0.3) is 0 Å². The Morgan fingerprint density at radius 3 is 2.80 bits per heavy atom. The van der Waals surface area contributed by atoms with Crippen LogP contribution in [0.5, 0.6) is 11.5 Å². The van der Waals surface area contributed by atoms with Crippen LogP contribution >= 0.6 is 0 Å². The lowest BCUT2D eigenvalue weighted by Gasteiger charge is -2.12. The molecule has 0 unspecified atom stereocenters. The Bertz CT molecular complexity index is 635. The van der Waals surface area contributed by atoms with Crippen molar-refractivity contribution in [2.45, 2.75) is 6.54 Å². The normalized spacial score (nSPS) is 9.65. The highest BCUT2D eigenvalue weighted by Crippen LogP contribution is 2.25. The SMILES string of the molecule is COc1ccc(OC)c(CNc2ncccc2C#N)c1. The summed E-state index contributed by atoms with van der Waals surface area (Å²) in [5.74, 6) is 2.07.